The predicted molar refractivity (Wildman–Crippen MR) is 96.6 cm³/mol. The van der Waals surface area contributed by atoms with Crippen molar-refractivity contribution in [3.8, 4) is 0 Å². The topological polar surface area (TPSA) is 86.7 Å². The lowest BCUT2D eigenvalue weighted by Crippen LogP contribution is -2.70. The molecular weight excluding hydrogens is 451 g/mol. The highest BCUT2D eigenvalue weighted by atomic mass is 127. The third-order valence-electron chi connectivity index (χ3n) is 3.64. The van der Waals surface area contributed by atoms with E-state index in [0.717, 1.165) is 10.5 Å². The van der Waals surface area contributed by atoms with Crippen molar-refractivity contribution in [3.05, 3.63) is 33.7 Å². The number of carboxylic acids is 1. The van der Waals surface area contributed by atoms with Crippen LogP contribution in [0.3, 0.4) is 0 Å². The van der Waals surface area contributed by atoms with Crippen LogP contribution in [0.4, 0.5) is 0 Å². The van der Waals surface area contributed by atoms with E-state index in [1.165, 1.54) is 28.0 Å². The molecule has 2 aliphatic heterocycles. The van der Waals surface area contributed by atoms with Crippen LogP contribution in [0.25, 0.3) is 0 Å². The minimum atomic E-state index is -1.08. The zero-order chi connectivity index (χ0) is 16.6. The molecule has 3 rings (SSSR count). The minimum absolute atomic E-state index is 0.0805. The molecule has 0 spiro atoms. The summed E-state index contributed by atoms with van der Waals surface area (Å²) in [4.78, 5) is 38.1. The average molecular weight is 464 g/mol. The van der Waals surface area contributed by atoms with E-state index in [-0.39, 0.29) is 29.3 Å². The van der Waals surface area contributed by atoms with E-state index >= 15 is 0 Å². The second kappa shape index (κ2) is 6.81. The maximum absolute atomic E-state index is 12.3. The highest BCUT2D eigenvalue weighted by Gasteiger charge is 2.53. The van der Waals surface area contributed by atoms with Crippen LogP contribution in [0.1, 0.15) is 4.88 Å². The van der Waals surface area contributed by atoms with Gasteiger partial charge in [0.2, 0.25) is 5.91 Å². The number of halogens is 1. The predicted octanol–water partition coefficient (Wildman–Crippen LogP) is 1.46. The molecule has 1 aromatic heterocycles. The molecule has 0 aromatic carbocycles. The van der Waals surface area contributed by atoms with Gasteiger partial charge in [-0.1, -0.05) is 28.7 Å². The van der Waals surface area contributed by atoms with Crippen LogP contribution < -0.4 is 5.32 Å². The molecule has 1 saturated heterocycles. The van der Waals surface area contributed by atoms with Crippen molar-refractivity contribution in [2.75, 3.05) is 10.2 Å². The van der Waals surface area contributed by atoms with Gasteiger partial charge in [-0.2, -0.15) is 0 Å². The van der Waals surface area contributed by atoms with E-state index in [1.807, 2.05) is 17.5 Å². The summed E-state index contributed by atoms with van der Waals surface area (Å²) < 4.78 is 0.568. The van der Waals surface area contributed by atoms with E-state index in [9.17, 15) is 19.5 Å². The van der Waals surface area contributed by atoms with Crippen molar-refractivity contribution in [2.24, 2.45) is 0 Å². The van der Waals surface area contributed by atoms with Gasteiger partial charge in [0.25, 0.3) is 5.91 Å². The van der Waals surface area contributed by atoms with Crippen LogP contribution in [-0.4, -0.2) is 49.4 Å². The molecule has 0 saturated carbocycles. The fourth-order valence-corrected chi connectivity index (χ4v) is 5.63. The van der Waals surface area contributed by atoms with E-state index in [4.69, 9.17) is 0 Å². The average Bonchev–Trinajstić information content (AvgIpc) is 3.03. The first-order chi connectivity index (χ1) is 11.0. The van der Waals surface area contributed by atoms with Gasteiger partial charge in [0.05, 0.1) is 6.42 Å². The normalized spacial score (nSPS) is 23.3. The Hall–Kier alpha value is -1.07. The number of nitrogens with zero attached hydrogens (tertiary/aromatic N) is 1. The number of β-lactam (4-membered cyclic amide) rings is 1. The Bertz CT molecular complexity index is 689. The number of nitrogens with one attached hydrogen (secondary N) is 1. The van der Waals surface area contributed by atoms with Crippen molar-refractivity contribution in [1.29, 1.82) is 0 Å². The maximum atomic E-state index is 12.3. The number of fused-ring (bicyclic) bond motifs is 1. The molecule has 0 aliphatic carbocycles. The van der Waals surface area contributed by atoms with Crippen LogP contribution in [0, 0.1) is 0 Å². The van der Waals surface area contributed by atoms with Crippen molar-refractivity contribution in [2.45, 2.75) is 17.8 Å². The number of rotatable bonds is 5. The van der Waals surface area contributed by atoms with Crippen molar-refractivity contribution in [1.82, 2.24) is 10.2 Å². The Kier molecular flexibility index (Phi) is 4.97. The van der Waals surface area contributed by atoms with Crippen LogP contribution >= 0.6 is 45.7 Å². The molecule has 1 unspecified atom stereocenters. The summed E-state index contributed by atoms with van der Waals surface area (Å²) in [6.07, 6.45) is 0.236. The van der Waals surface area contributed by atoms with Crippen molar-refractivity contribution >= 4 is 63.5 Å². The Morgan fingerprint density at radius 3 is 2.87 bits per heavy atom. The molecule has 6 nitrogen and oxygen atoms in total. The lowest BCUT2D eigenvalue weighted by atomic mass is 10.0. The molecule has 0 bridgehead atoms. The molecule has 0 radical (unpaired) electrons. The molecule has 2 amide bonds. The summed E-state index contributed by atoms with van der Waals surface area (Å²) in [6, 6.07) is 3.10. The molecule has 122 valence electrons. The van der Waals surface area contributed by atoms with Crippen LogP contribution in [0.2, 0.25) is 0 Å². The first-order valence-electron chi connectivity index (χ1n) is 6.80. The number of alkyl halides is 1. The third kappa shape index (κ3) is 3.13. The van der Waals surface area contributed by atoms with Gasteiger partial charge in [-0.3, -0.25) is 14.5 Å². The molecular formula is C14H13IN2O4S2. The van der Waals surface area contributed by atoms with E-state index in [0.29, 0.717) is 10.2 Å². The van der Waals surface area contributed by atoms with E-state index in [1.54, 1.807) is 0 Å². The number of aliphatic carboxylic acids is 1. The number of thioether (sulfide) groups is 1. The zero-order valence-corrected chi connectivity index (χ0v) is 15.6. The second-order valence-electron chi connectivity index (χ2n) is 5.10. The van der Waals surface area contributed by atoms with Gasteiger partial charge < -0.3 is 10.4 Å². The molecule has 1 fully saturated rings. The molecule has 1 aromatic rings. The number of hydrogen-bond acceptors (Lipinski definition) is 5. The van der Waals surface area contributed by atoms with E-state index in [2.05, 4.69) is 27.9 Å². The summed E-state index contributed by atoms with van der Waals surface area (Å²) in [5.41, 5.74) is 0.827. The van der Waals surface area contributed by atoms with Crippen LogP contribution in [0.5, 0.6) is 0 Å². The Morgan fingerprint density at radius 2 is 2.26 bits per heavy atom. The van der Waals surface area contributed by atoms with Gasteiger partial charge in [0.15, 0.2) is 0 Å². The summed E-state index contributed by atoms with van der Waals surface area (Å²) in [7, 11) is 0. The Balaban J connectivity index is 1.69. The second-order valence-corrected chi connectivity index (χ2v) is 8.00. The fraction of sp³-hybridized carbons (Fsp3) is 0.357. The summed E-state index contributed by atoms with van der Waals surface area (Å²) >= 11 is 5.08. The minimum Gasteiger partial charge on any atom is -0.477 e. The summed E-state index contributed by atoms with van der Waals surface area (Å²) in [5, 5.41) is 13.7. The number of carboxylic acid groups (broad SMARTS) is 1. The first-order valence-corrected chi connectivity index (χ1v) is 10.3. The van der Waals surface area contributed by atoms with Gasteiger partial charge in [-0.05, 0) is 17.0 Å². The standard InChI is InChI=1S/C14H13IN2O4S2/c15-5-7-6-23-13-10(12(19)17(13)11(7)14(20)21)16-9(18)4-8-2-1-3-22-8/h1-3,10,13H,4-6H2,(H,16,18)(H,20,21)/t10?,13-/m0/s1. The molecule has 3 heterocycles. The first kappa shape index (κ1) is 16.8. The highest BCUT2D eigenvalue weighted by Crippen LogP contribution is 2.40. The zero-order valence-electron chi connectivity index (χ0n) is 11.8. The quantitative estimate of drug-likeness (QED) is 0.392. The largest absolute Gasteiger partial charge is 0.477 e. The number of hydrogen-bond donors (Lipinski definition) is 2. The van der Waals surface area contributed by atoms with Crippen molar-refractivity contribution < 1.29 is 19.5 Å². The molecule has 2 aliphatic rings. The number of thiophene rings is 1. The van der Waals surface area contributed by atoms with Crippen LogP contribution in [0.15, 0.2) is 28.8 Å². The molecule has 23 heavy (non-hydrogen) atoms. The SMILES string of the molecule is O=C(Cc1cccs1)NC1C(=O)N2C(C(=O)O)=C(CI)CS[C@@H]12. The van der Waals surface area contributed by atoms with Gasteiger partial charge in [0, 0.05) is 15.1 Å². The smallest absolute Gasteiger partial charge is 0.352 e. The highest BCUT2D eigenvalue weighted by molar-refractivity contribution is 14.1. The van der Waals surface area contributed by atoms with Crippen LogP contribution in [-0.2, 0) is 20.8 Å². The molecule has 9 heteroatoms. The Morgan fingerprint density at radius 1 is 1.48 bits per heavy atom. The van der Waals surface area contributed by atoms with Gasteiger partial charge in [0.1, 0.15) is 17.1 Å². The van der Waals surface area contributed by atoms with Crippen molar-refractivity contribution in [3.63, 3.8) is 0 Å². The van der Waals surface area contributed by atoms with Gasteiger partial charge in [-0.25, -0.2) is 4.79 Å². The number of carbonyl (C=O) groups is 3. The van der Waals surface area contributed by atoms with Gasteiger partial charge >= 0.3 is 5.97 Å². The number of amides is 2. The van der Waals surface area contributed by atoms with Gasteiger partial charge in [-0.15, -0.1) is 23.1 Å². The lowest BCUT2D eigenvalue weighted by Gasteiger charge is -2.49. The maximum Gasteiger partial charge on any atom is 0.352 e. The number of carbonyl (C=O) groups excluding carboxylic acids is 2. The fourth-order valence-electron chi connectivity index (χ4n) is 2.58. The monoisotopic (exact) mass is 464 g/mol. The van der Waals surface area contributed by atoms with E-state index < -0.39 is 12.0 Å². The summed E-state index contributed by atoms with van der Waals surface area (Å²) in [5.74, 6) is -1.08. The Labute approximate surface area is 154 Å². The summed E-state index contributed by atoms with van der Waals surface area (Å²) in [6.45, 7) is 0. The third-order valence-corrected chi connectivity index (χ3v) is 6.78. The molecule has 2 atom stereocenters. The lowest BCUT2D eigenvalue weighted by molar-refractivity contribution is -0.150. The molecule has 2 N–H and O–H groups in total.